The molecule has 0 aliphatic carbocycles. The molecule has 3 aromatic rings. The average Bonchev–Trinajstić information content (AvgIpc) is 3.21. The predicted molar refractivity (Wildman–Crippen MR) is 133 cm³/mol. The molecule has 1 aromatic heterocycles. The topological polar surface area (TPSA) is 129 Å². The predicted octanol–water partition coefficient (Wildman–Crippen LogP) is 3.74. The molecule has 36 heavy (non-hydrogen) atoms. The van der Waals surface area contributed by atoms with E-state index in [1.807, 2.05) is 19.9 Å². The van der Waals surface area contributed by atoms with Gasteiger partial charge in [-0.3, -0.25) is 24.3 Å². The summed E-state index contributed by atoms with van der Waals surface area (Å²) < 4.78 is 11.4. The first-order valence-corrected chi connectivity index (χ1v) is 11.6. The van der Waals surface area contributed by atoms with E-state index in [2.05, 4.69) is 20.4 Å². The lowest BCUT2D eigenvalue weighted by Gasteiger charge is -2.14. The van der Waals surface area contributed by atoms with Crippen molar-refractivity contribution in [2.24, 2.45) is 11.8 Å². The van der Waals surface area contributed by atoms with Gasteiger partial charge in [-0.15, -0.1) is 0 Å². The molecule has 2 amide bonds. The first-order chi connectivity index (χ1) is 17.2. The van der Waals surface area contributed by atoms with Crippen molar-refractivity contribution in [2.75, 3.05) is 19.0 Å². The number of rotatable bonds is 10. The van der Waals surface area contributed by atoms with Gasteiger partial charge in [0.15, 0.2) is 12.5 Å². The van der Waals surface area contributed by atoms with Gasteiger partial charge in [-0.05, 0) is 30.5 Å². The Kier molecular flexibility index (Phi) is 8.77. The van der Waals surface area contributed by atoms with Gasteiger partial charge in [0.25, 0.3) is 0 Å². The third-order valence-corrected chi connectivity index (χ3v) is 5.48. The van der Waals surface area contributed by atoms with Gasteiger partial charge in [0, 0.05) is 17.0 Å². The number of carbonyl (C=O) groups excluding carboxylic acids is 4. The second-order valence-electron chi connectivity index (χ2n) is 8.77. The summed E-state index contributed by atoms with van der Waals surface area (Å²) in [6, 6.07) is 13.7. The number of carbonyl (C=O) groups is 4. The van der Waals surface area contributed by atoms with E-state index in [9.17, 15) is 19.2 Å². The lowest BCUT2D eigenvalue weighted by atomic mass is 9.98. The fourth-order valence-electron chi connectivity index (χ4n) is 3.73. The number of amides is 2. The standard InChI is InChI=1S/C26H30N4O6/c1-16(2)12-17(3)24(33)27-14-22(31)36-15-30-21-11-10-19(23(32)18-8-6-5-7-9-18)13-20(21)28-25(30)29-26(34)35-4/h5-11,13,16-17H,12,14-15H2,1-4H3,(H,27,33)(H,28,29,34)/t17-/m0/s1. The van der Waals surface area contributed by atoms with Crippen LogP contribution in [0.3, 0.4) is 0 Å². The highest BCUT2D eigenvalue weighted by Gasteiger charge is 2.19. The number of benzene rings is 2. The largest absolute Gasteiger partial charge is 0.453 e. The first kappa shape index (κ1) is 26.4. The van der Waals surface area contributed by atoms with E-state index in [1.54, 1.807) is 49.4 Å². The highest BCUT2D eigenvalue weighted by atomic mass is 16.5. The lowest BCUT2D eigenvalue weighted by Crippen LogP contribution is -2.35. The Morgan fingerprint density at radius 3 is 2.39 bits per heavy atom. The summed E-state index contributed by atoms with van der Waals surface area (Å²) in [6.07, 6.45) is -0.0518. The fourth-order valence-corrected chi connectivity index (χ4v) is 3.73. The molecule has 1 heterocycles. The number of ether oxygens (including phenoxy) is 2. The molecule has 0 aliphatic heterocycles. The summed E-state index contributed by atoms with van der Waals surface area (Å²) in [4.78, 5) is 53.5. The molecule has 1 atom stereocenters. The van der Waals surface area contributed by atoms with Crippen molar-refractivity contribution in [3.63, 3.8) is 0 Å². The number of imidazole rings is 1. The van der Waals surface area contributed by atoms with Gasteiger partial charge in [0.1, 0.15) is 6.54 Å². The number of esters is 1. The molecular formula is C26H30N4O6. The number of methoxy groups -OCH3 is 1. The third-order valence-electron chi connectivity index (χ3n) is 5.48. The minimum atomic E-state index is -0.759. The summed E-state index contributed by atoms with van der Waals surface area (Å²) >= 11 is 0. The second-order valence-corrected chi connectivity index (χ2v) is 8.77. The molecule has 0 unspecified atom stereocenters. The van der Waals surface area contributed by atoms with Gasteiger partial charge < -0.3 is 14.8 Å². The Balaban J connectivity index is 1.76. The number of anilines is 1. The van der Waals surface area contributed by atoms with Crippen LogP contribution in [-0.2, 0) is 25.8 Å². The monoisotopic (exact) mass is 494 g/mol. The highest BCUT2D eigenvalue weighted by Crippen LogP contribution is 2.23. The van der Waals surface area contributed by atoms with Crippen LogP contribution in [0.5, 0.6) is 0 Å². The van der Waals surface area contributed by atoms with Crippen LogP contribution in [0.15, 0.2) is 48.5 Å². The maximum atomic E-state index is 12.8. The number of fused-ring (bicyclic) bond motifs is 1. The molecule has 2 N–H and O–H groups in total. The molecule has 0 aliphatic rings. The fraction of sp³-hybridized carbons (Fsp3) is 0.346. The van der Waals surface area contributed by atoms with Crippen molar-refractivity contribution in [1.29, 1.82) is 0 Å². The number of hydrogen-bond acceptors (Lipinski definition) is 7. The summed E-state index contributed by atoms with van der Waals surface area (Å²) in [7, 11) is 1.21. The van der Waals surface area contributed by atoms with Crippen molar-refractivity contribution < 1.29 is 28.7 Å². The van der Waals surface area contributed by atoms with Crippen molar-refractivity contribution >= 4 is 40.7 Å². The minimum absolute atomic E-state index is 0.0727. The van der Waals surface area contributed by atoms with Crippen molar-refractivity contribution in [3.8, 4) is 0 Å². The van der Waals surface area contributed by atoms with Crippen LogP contribution in [0.4, 0.5) is 10.7 Å². The number of hydrogen-bond donors (Lipinski definition) is 2. The molecule has 0 fully saturated rings. The quantitative estimate of drug-likeness (QED) is 0.324. The molecule has 3 rings (SSSR count). The van der Waals surface area contributed by atoms with Gasteiger partial charge in [-0.1, -0.05) is 51.1 Å². The van der Waals surface area contributed by atoms with Gasteiger partial charge in [-0.25, -0.2) is 9.78 Å². The zero-order chi connectivity index (χ0) is 26.2. The third kappa shape index (κ3) is 6.68. The highest BCUT2D eigenvalue weighted by molar-refractivity contribution is 6.10. The van der Waals surface area contributed by atoms with Crippen LogP contribution >= 0.6 is 0 Å². The molecule has 0 saturated carbocycles. The zero-order valence-electron chi connectivity index (χ0n) is 20.7. The molecule has 10 heteroatoms. The molecule has 0 radical (unpaired) electrons. The zero-order valence-corrected chi connectivity index (χ0v) is 20.7. The summed E-state index contributed by atoms with van der Waals surface area (Å²) in [6.45, 7) is 5.28. The van der Waals surface area contributed by atoms with E-state index >= 15 is 0 Å². The molecule has 0 bridgehead atoms. The summed E-state index contributed by atoms with van der Waals surface area (Å²) in [5.41, 5.74) is 1.88. The molecule has 0 spiro atoms. The Hall–Kier alpha value is -4.21. The van der Waals surface area contributed by atoms with Gasteiger partial charge in [-0.2, -0.15) is 0 Å². The van der Waals surface area contributed by atoms with Crippen LogP contribution in [-0.4, -0.2) is 47.0 Å². The van der Waals surface area contributed by atoms with E-state index in [1.165, 1.54) is 11.7 Å². The van der Waals surface area contributed by atoms with Crippen LogP contribution in [0, 0.1) is 11.8 Å². The molecule has 190 valence electrons. The van der Waals surface area contributed by atoms with Crippen LogP contribution in [0.2, 0.25) is 0 Å². The van der Waals surface area contributed by atoms with Crippen LogP contribution < -0.4 is 10.6 Å². The van der Waals surface area contributed by atoms with E-state index in [4.69, 9.17) is 4.74 Å². The van der Waals surface area contributed by atoms with Crippen molar-refractivity contribution in [3.05, 3.63) is 59.7 Å². The van der Waals surface area contributed by atoms with Crippen molar-refractivity contribution in [2.45, 2.75) is 33.9 Å². The Labute approximate surface area is 209 Å². The van der Waals surface area contributed by atoms with E-state index in [0.29, 0.717) is 34.5 Å². The molecule has 10 nitrogen and oxygen atoms in total. The van der Waals surface area contributed by atoms with Crippen LogP contribution in [0.25, 0.3) is 11.0 Å². The Bertz CT molecular complexity index is 1250. The second kappa shape index (κ2) is 12.0. The van der Waals surface area contributed by atoms with Crippen LogP contribution in [0.1, 0.15) is 43.1 Å². The maximum Gasteiger partial charge on any atom is 0.413 e. The Morgan fingerprint density at radius 1 is 1.00 bits per heavy atom. The first-order valence-electron chi connectivity index (χ1n) is 11.6. The maximum absolute atomic E-state index is 12.8. The molecule has 0 saturated heterocycles. The van der Waals surface area contributed by atoms with Gasteiger partial charge in [0.05, 0.1) is 18.1 Å². The number of ketones is 1. The summed E-state index contributed by atoms with van der Waals surface area (Å²) in [5.74, 6) is -0.846. The number of nitrogens with one attached hydrogen (secondary N) is 2. The van der Waals surface area contributed by atoms with E-state index in [-0.39, 0.29) is 36.8 Å². The van der Waals surface area contributed by atoms with Gasteiger partial charge >= 0.3 is 12.1 Å². The lowest BCUT2D eigenvalue weighted by molar-refractivity contribution is -0.147. The van der Waals surface area contributed by atoms with Gasteiger partial charge in [0.2, 0.25) is 11.9 Å². The molecule has 2 aromatic carbocycles. The van der Waals surface area contributed by atoms with Crippen molar-refractivity contribution in [1.82, 2.24) is 14.9 Å². The minimum Gasteiger partial charge on any atom is -0.453 e. The molecular weight excluding hydrogens is 464 g/mol. The Morgan fingerprint density at radius 2 is 1.72 bits per heavy atom. The SMILES string of the molecule is COC(=O)Nc1nc2cc(C(=O)c3ccccc3)ccc2n1COC(=O)CNC(=O)[C@@H](C)CC(C)C. The van der Waals surface area contributed by atoms with E-state index in [0.717, 1.165) is 0 Å². The number of aromatic nitrogens is 2. The van der Waals surface area contributed by atoms with E-state index < -0.39 is 12.1 Å². The average molecular weight is 495 g/mol. The summed E-state index contributed by atoms with van der Waals surface area (Å²) in [5, 5.41) is 5.06. The smallest absolute Gasteiger partial charge is 0.413 e. The normalized spacial score (nSPS) is 11.7. The number of nitrogens with zero attached hydrogens (tertiary/aromatic N) is 2.